The van der Waals surface area contributed by atoms with Crippen molar-refractivity contribution in [3.05, 3.63) is 97.1 Å². The summed E-state index contributed by atoms with van der Waals surface area (Å²) in [5.41, 5.74) is 8.86. The van der Waals surface area contributed by atoms with Crippen molar-refractivity contribution in [2.45, 2.75) is 6.92 Å². The minimum Gasteiger partial charge on any atom is -0.345 e. The van der Waals surface area contributed by atoms with E-state index in [-0.39, 0.29) is 0 Å². The molecular formula is C31H24N2. The van der Waals surface area contributed by atoms with Gasteiger partial charge in [-0.25, -0.2) is 0 Å². The van der Waals surface area contributed by atoms with Gasteiger partial charge in [-0.2, -0.15) is 0 Å². The van der Waals surface area contributed by atoms with Crippen LogP contribution in [0.2, 0.25) is 0 Å². The van der Waals surface area contributed by atoms with Crippen LogP contribution < -0.4 is 0 Å². The predicted molar refractivity (Wildman–Crippen MR) is 144 cm³/mol. The Morgan fingerprint density at radius 1 is 0.515 bits per heavy atom. The molecule has 0 bridgehead atoms. The Morgan fingerprint density at radius 3 is 1.18 bits per heavy atom. The minimum atomic E-state index is 0.859. The summed E-state index contributed by atoms with van der Waals surface area (Å²) in [4.78, 5) is 4.31. The second kappa shape index (κ2) is 5.85. The molecule has 2 nitrogen and oxygen atoms in total. The van der Waals surface area contributed by atoms with Gasteiger partial charge in [-0.1, -0.05) is 74.8 Å². The van der Waals surface area contributed by atoms with E-state index in [0.717, 1.165) is 29.3 Å². The lowest BCUT2D eigenvalue weighted by atomic mass is 9.81. The number of hydrogen-bond acceptors (Lipinski definition) is 2. The average Bonchev–Trinajstić information content (AvgIpc) is 2.83. The van der Waals surface area contributed by atoms with Gasteiger partial charge in [0.2, 0.25) is 0 Å². The van der Waals surface area contributed by atoms with Crippen LogP contribution in [-0.4, -0.2) is 23.4 Å². The first kappa shape index (κ1) is 18.5. The zero-order chi connectivity index (χ0) is 22.8. The zero-order valence-electron chi connectivity index (χ0n) is 19.0. The summed E-state index contributed by atoms with van der Waals surface area (Å²) >= 11 is 0. The summed E-state index contributed by atoms with van der Waals surface area (Å²) in [5.74, 6) is 0. The molecule has 0 amide bonds. The monoisotopic (exact) mass is 424 g/mol. The zero-order valence-corrected chi connectivity index (χ0v) is 19.0. The van der Waals surface area contributed by atoms with Gasteiger partial charge < -0.3 is 9.80 Å². The highest BCUT2D eigenvalue weighted by atomic mass is 15.1. The van der Waals surface area contributed by atoms with Gasteiger partial charge in [0.1, 0.15) is 0 Å². The molecule has 0 aromatic heterocycles. The van der Waals surface area contributed by atoms with Gasteiger partial charge in [-0.15, -0.1) is 0 Å². The second-order valence-electron chi connectivity index (χ2n) is 9.23. The highest BCUT2D eigenvalue weighted by Gasteiger charge is 2.28. The van der Waals surface area contributed by atoms with E-state index < -0.39 is 0 Å². The third-order valence-electron chi connectivity index (χ3n) is 7.92. The number of benzene rings is 5. The number of fused-ring (bicyclic) bond motifs is 2. The highest BCUT2D eigenvalue weighted by molar-refractivity contribution is 6.36. The average molecular weight is 425 g/mol. The van der Waals surface area contributed by atoms with Crippen molar-refractivity contribution in [1.29, 1.82) is 0 Å². The molecule has 0 saturated heterocycles. The van der Waals surface area contributed by atoms with Gasteiger partial charge in [0.25, 0.3) is 0 Å². The van der Waals surface area contributed by atoms with Gasteiger partial charge in [0.05, 0.1) is 0 Å². The van der Waals surface area contributed by atoms with Crippen molar-refractivity contribution >= 4 is 65.9 Å². The molecule has 158 valence electrons. The first-order chi connectivity index (χ1) is 15.9. The Bertz CT molecular complexity index is 1660. The molecule has 7 rings (SSSR count). The molecule has 0 N–H and O–H groups in total. The Balaban J connectivity index is 1.74. The van der Waals surface area contributed by atoms with E-state index in [2.05, 4.69) is 91.6 Å². The molecule has 2 heteroatoms. The van der Waals surface area contributed by atoms with E-state index in [1.54, 1.807) is 0 Å². The van der Waals surface area contributed by atoms with Gasteiger partial charge in [0.15, 0.2) is 0 Å². The molecule has 0 saturated carbocycles. The standard InChI is InChI=1S/C31H24N2/c1-7-33-18(4)22-10-14-26-24-12-8-20-16(2)32(6)17(3)21-9-13-25(30(24)28(20)21)27-15-11-23(19(33)5)29(22)31(26)27/h8-15H,2-5,7H2,1,6H3. The van der Waals surface area contributed by atoms with E-state index in [1.807, 2.05) is 7.05 Å². The third-order valence-corrected chi connectivity index (χ3v) is 7.92. The molecule has 5 aromatic rings. The fourth-order valence-corrected chi connectivity index (χ4v) is 6.21. The van der Waals surface area contributed by atoms with Crippen LogP contribution in [0.3, 0.4) is 0 Å². The minimum absolute atomic E-state index is 0.859. The van der Waals surface area contributed by atoms with Crippen LogP contribution in [0.25, 0.3) is 65.9 Å². The Kier molecular flexibility index (Phi) is 3.28. The summed E-state index contributed by atoms with van der Waals surface area (Å²) in [6.45, 7) is 20.6. The molecule has 33 heavy (non-hydrogen) atoms. The molecule has 0 spiro atoms. The fraction of sp³-hybridized carbons (Fsp3) is 0.0968. The SMILES string of the molecule is C=C1c2ccc3c4ccc5c6c(ccc(c7ccc(c2c37)C(=C)N1C)c64)C(=C)N(CC)C5=C. The maximum Gasteiger partial charge on any atom is 0.0417 e. The van der Waals surface area contributed by atoms with Crippen molar-refractivity contribution in [2.24, 2.45) is 0 Å². The summed E-state index contributed by atoms with van der Waals surface area (Å²) in [6.07, 6.45) is 0. The van der Waals surface area contributed by atoms with Crippen LogP contribution in [0.4, 0.5) is 0 Å². The first-order valence-electron chi connectivity index (χ1n) is 11.4. The van der Waals surface area contributed by atoms with Crippen molar-refractivity contribution in [3.63, 3.8) is 0 Å². The van der Waals surface area contributed by atoms with E-state index >= 15 is 0 Å². The third kappa shape index (κ3) is 1.96. The van der Waals surface area contributed by atoms with Gasteiger partial charge in [0, 0.05) is 69.4 Å². The molecule has 0 atom stereocenters. The second-order valence-corrected chi connectivity index (χ2v) is 9.23. The maximum absolute atomic E-state index is 4.43. The molecule has 0 fully saturated rings. The number of nitrogens with zero attached hydrogens (tertiary/aromatic N) is 2. The fourth-order valence-electron chi connectivity index (χ4n) is 6.21. The van der Waals surface area contributed by atoms with Crippen LogP contribution in [0, 0.1) is 0 Å². The Labute approximate surface area is 193 Å². The van der Waals surface area contributed by atoms with Crippen molar-refractivity contribution in [3.8, 4) is 0 Å². The van der Waals surface area contributed by atoms with Crippen molar-refractivity contribution in [1.82, 2.24) is 9.80 Å². The van der Waals surface area contributed by atoms with Gasteiger partial charge in [-0.3, -0.25) is 0 Å². The van der Waals surface area contributed by atoms with Crippen LogP contribution in [0.1, 0.15) is 29.2 Å². The number of hydrogen-bond donors (Lipinski definition) is 0. The lowest BCUT2D eigenvalue weighted by Crippen LogP contribution is -2.23. The Morgan fingerprint density at radius 2 is 0.848 bits per heavy atom. The van der Waals surface area contributed by atoms with Crippen LogP contribution in [0.5, 0.6) is 0 Å². The molecule has 5 aromatic carbocycles. The van der Waals surface area contributed by atoms with Gasteiger partial charge >= 0.3 is 0 Å². The lowest BCUT2D eigenvalue weighted by molar-refractivity contribution is 0.588. The molecule has 2 aliphatic rings. The largest absolute Gasteiger partial charge is 0.345 e. The molecular weight excluding hydrogens is 400 g/mol. The van der Waals surface area contributed by atoms with E-state index in [4.69, 9.17) is 0 Å². The van der Waals surface area contributed by atoms with E-state index in [0.29, 0.717) is 0 Å². The summed E-state index contributed by atoms with van der Waals surface area (Å²) in [7, 11) is 2.05. The first-order valence-corrected chi connectivity index (χ1v) is 11.4. The predicted octanol–water partition coefficient (Wildman–Crippen LogP) is 7.90. The van der Waals surface area contributed by atoms with Crippen LogP contribution >= 0.6 is 0 Å². The topological polar surface area (TPSA) is 6.48 Å². The smallest absolute Gasteiger partial charge is 0.0417 e. The van der Waals surface area contributed by atoms with Crippen LogP contribution in [0.15, 0.2) is 74.8 Å². The molecule has 0 radical (unpaired) electrons. The molecule has 2 aliphatic heterocycles. The summed E-state index contributed by atoms with van der Waals surface area (Å²) in [5, 5.41) is 10.3. The summed E-state index contributed by atoms with van der Waals surface area (Å²) in [6, 6.07) is 18.1. The van der Waals surface area contributed by atoms with E-state index in [1.165, 1.54) is 65.3 Å². The molecule has 0 unspecified atom stereocenters. The number of rotatable bonds is 1. The lowest BCUT2D eigenvalue weighted by Gasteiger charge is -2.35. The molecule has 2 heterocycles. The quantitative estimate of drug-likeness (QED) is 0.199. The molecule has 0 aliphatic carbocycles. The normalized spacial score (nSPS) is 15.8. The highest BCUT2D eigenvalue weighted by Crippen LogP contribution is 2.50. The van der Waals surface area contributed by atoms with Crippen molar-refractivity contribution < 1.29 is 0 Å². The summed E-state index contributed by atoms with van der Waals surface area (Å²) < 4.78 is 0. The van der Waals surface area contributed by atoms with Gasteiger partial charge in [-0.05, 0) is 39.2 Å². The van der Waals surface area contributed by atoms with E-state index in [9.17, 15) is 0 Å². The van der Waals surface area contributed by atoms with Crippen molar-refractivity contribution in [2.75, 3.05) is 13.6 Å². The maximum atomic E-state index is 4.43. The van der Waals surface area contributed by atoms with Crippen LogP contribution in [-0.2, 0) is 0 Å². The Hall–Kier alpha value is -4.04.